The summed E-state index contributed by atoms with van der Waals surface area (Å²) in [6, 6.07) is 3.65. The van der Waals surface area contributed by atoms with Gasteiger partial charge in [-0.1, -0.05) is 37.0 Å². The summed E-state index contributed by atoms with van der Waals surface area (Å²) in [5.41, 5.74) is 0.914. The minimum atomic E-state index is -1.06. The number of halogens is 2. The Morgan fingerprint density at radius 3 is 2.71 bits per heavy atom. The van der Waals surface area contributed by atoms with Gasteiger partial charge in [0.1, 0.15) is 0 Å². The minimum Gasteiger partial charge on any atom is -0.310 e. The zero-order chi connectivity index (χ0) is 12.6. The van der Waals surface area contributed by atoms with Gasteiger partial charge in [-0.15, -0.1) is 0 Å². The lowest BCUT2D eigenvalue weighted by atomic mass is 10.0. The van der Waals surface area contributed by atoms with E-state index >= 15 is 0 Å². The quantitative estimate of drug-likeness (QED) is 0.903. The topological polar surface area (TPSA) is 29.1 Å². The number of nitrogens with one attached hydrogen (secondary N) is 1. The molecule has 1 aliphatic heterocycles. The van der Waals surface area contributed by atoms with E-state index in [9.17, 15) is 4.21 Å². The van der Waals surface area contributed by atoms with Crippen LogP contribution in [0.15, 0.2) is 17.0 Å². The van der Waals surface area contributed by atoms with E-state index in [0.29, 0.717) is 14.9 Å². The Balaban J connectivity index is 2.59. The van der Waals surface area contributed by atoms with Crippen molar-refractivity contribution in [2.75, 3.05) is 6.54 Å². The largest absolute Gasteiger partial charge is 0.310 e. The highest BCUT2D eigenvalue weighted by molar-refractivity contribution is 7.86. The first-order valence-electron chi connectivity index (χ1n) is 5.68. The molecule has 1 aromatic carbocycles. The molecule has 0 amide bonds. The molecular weight excluding hydrogens is 277 g/mol. The molecular formula is C12H15Cl2NOS. The lowest BCUT2D eigenvalue weighted by Gasteiger charge is -2.31. The molecule has 1 aromatic rings. The lowest BCUT2D eigenvalue weighted by molar-refractivity contribution is 0.491. The van der Waals surface area contributed by atoms with Crippen molar-refractivity contribution in [3.8, 4) is 0 Å². The van der Waals surface area contributed by atoms with Gasteiger partial charge < -0.3 is 5.32 Å². The van der Waals surface area contributed by atoms with Gasteiger partial charge in [0.05, 0.1) is 20.7 Å². The number of fused-ring (bicyclic) bond motifs is 1. The molecule has 0 aliphatic carbocycles. The van der Waals surface area contributed by atoms with E-state index in [1.807, 2.05) is 13.8 Å². The van der Waals surface area contributed by atoms with Crippen LogP contribution in [-0.2, 0) is 10.8 Å². The Labute approximate surface area is 114 Å². The summed E-state index contributed by atoms with van der Waals surface area (Å²) in [6.07, 6.45) is 0.827. The molecule has 0 bridgehead atoms. The molecule has 2 rings (SSSR count). The second-order valence-corrected chi connectivity index (χ2v) is 6.85. The highest BCUT2D eigenvalue weighted by atomic mass is 35.5. The van der Waals surface area contributed by atoms with Crippen LogP contribution in [0.25, 0.3) is 0 Å². The lowest BCUT2D eigenvalue weighted by Crippen LogP contribution is -2.32. The highest BCUT2D eigenvalue weighted by Crippen LogP contribution is 2.41. The Hall–Kier alpha value is -0.0900. The summed E-state index contributed by atoms with van der Waals surface area (Å²) >= 11 is 12.4. The van der Waals surface area contributed by atoms with E-state index in [2.05, 4.69) is 5.32 Å². The molecule has 0 fully saturated rings. The van der Waals surface area contributed by atoms with Crippen molar-refractivity contribution in [2.24, 2.45) is 0 Å². The summed E-state index contributed by atoms with van der Waals surface area (Å²) in [7, 11) is -1.06. The Morgan fingerprint density at radius 1 is 1.41 bits per heavy atom. The van der Waals surface area contributed by atoms with Gasteiger partial charge in [-0.2, -0.15) is 0 Å². The van der Waals surface area contributed by atoms with Gasteiger partial charge in [-0.3, -0.25) is 4.21 Å². The Bertz CT molecular complexity index is 464. The molecule has 0 saturated carbocycles. The summed E-state index contributed by atoms with van der Waals surface area (Å²) in [6.45, 7) is 4.89. The summed E-state index contributed by atoms with van der Waals surface area (Å²) in [5.74, 6) is 0. The molecule has 1 N–H and O–H groups in total. The van der Waals surface area contributed by atoms with Crippen molar-refractivity contribution < 1.29 is 4.21 Å². The minimum absolute atomic E-state index is 0.0996. The van der Waals surface area contributed by atoms with Gasteiger partial charge in [0.15, 0.2) is 0 Å². The fraction of sp³-hybridized carbons (Fsp3) is 0.500. The first kappa shape index (κ1) is 13.3. The van der Waals surface area contributed by atoms with Crippen molar-refractivity contribution >= 4 is 34.0 Å². The van der Waals surface area contributed by atoms with Crippen molar-refractivity contribution in [1.29, 1.82) is 0 Å². The monoisotopic (exact) mass is 291 g/mol. The van der Waals surface area contributed by atoms with E-state index in [4.69, 9.17) is 23.2 Å². The molecule has 17 heavy (non-hydrogen) atoms. The van der Waals surface area contributed by atoms with Crippen LogP contribution in [0.4, 0.5) is 0 Å². The number of hydrogen-bond donors (Lipinski definition) is 1. The first-order valence-corrected chi connectivity index (χ1v) is 7.65. The second-order valence-electron chi connectivity index (χ2n) is 4.23. The number of rotatable bonds is 2. The fourth-order valence-corrected chi connectivity index (χ4v) is 4.49. The van der Waals surface area contributed by atoms with Gasteiger partial charge in [-0.25, -0.2) is 0 Å². The van der Waals surface area contributed by atoms with E-state index in [1.54, 1.807) is 12.1 Å². The third kappa shape index (κ3) is 2.39. The smallest absolute Gasteiger partial charge is 0.0639 e. The molecule has 0 aromatic heterocycles. The normalized spacial score (nSPS) is 27.9. The molecule has 0 saturated heterocycles. The zero-order valence-corrected chi connectivity index (χ0v) is 12.1. The second kappa shape index (κ2) is 5.27. The van der Waals surface area contributed by atoms with Gasteiger partial charge in [0, 0.05) is 21.9 Å². The van der Waals surface area contributed by atoms with Crippen molar-refractivity contribution in [2.45, 2.75) is 36.5 Å². The van der Waals surface area contributed by atoms with Crippen LogP contribution in [0.3, 0.4) is 0 Å². The van der Waals surface area contributed by atoms with Crippen LogP contribution in [0.1, 0.15) is 31.9 Å². The van der Waals surface area contributed by atoms with Gasteiger partial charge in [-0.05, 0) is 25.1 Å². The maximum atomic E-state index is 12.3. The third-order valence-electron chi connectivity index (χ3n) is 3.03. The average molecular weight is 292 g/mol. The Kier molecular flexibility index (Phi) is 4.14. The fourth-order valence-electron chi connectivity index (χ4n) is 2.25. The average Bonchev–Trinajstić information content (AvgIpc) is 2.29. The first-order chi connectivity index (χ1) is 8.06. The zero-order valence-electron chi connectivity index (χ0n) is 9.80. The highest BCUT2D eigenvalue weighted by Gasteiger charge is 2.33. The maximum Gasteiger partial charge on any atom is 0.0639 e. The SMILES string of the molecule is CCNC1CC(C)S(=O)c2c(Cl)ccc(Cl)c21. The molecule has 5 heteroatoms. The van der Waals surface area contributed by atoms with E-state index in [1.165, 1.54) is 0 Å². The van der Waals surface area contributed by atoms with Crippen LogP contribution in [0, 0.1) is 0 Å². The van der Waals surface area contributed by atoms with Crippen molar-refractivity contribution in [3.05, 3.63) is 27.7 Å². The molecule has 0 radical (unpaired) electrons. The predicted molar refractivity (Wildman–Crippen MR) is 73.4 cm³/mol. The van der Waals surface area contributed by atoms with Gasteiger partial charge >= 0.3 is 0 Å². The Morgan fingerprint density at radius 2 is 2.06 bits per heavy atom. The molecule has 3 unspecified atom stereocenters. The predicted octanol–water partition coefficient (Wildman–Crippen LogP) is 3.54. The molecule has 1 aliphatic rings. The number of hydrogen-bond acceptors (Lipinski definition) is 2. The molecule has 0 spiro atoms. The summed E-state index contributed by atoms with van der Waals surface area (Å²) in [5, 5.41) is 4.68. The maximum absolute atomic E-state index is 12.3. The van der Waals surface area contributed by atoms with Crippen LogP contribution in [0.5, 0.6) is 0 Å². The van der Waals surface area contributed by atoms with Crippen LogP contribution in [-0.4, -0.2) is 16.0 Å². The van der Waals surface area contributed by atoms with E-state index < -0.39 is 10.8 Å². The summed E-state index contributed by atoms with van der Waals surface area (Å²) < 4.78 is 12.3. The van der Waals surface area contributed by atoms with Gasteiger partial charge in [0.2, 0.25) is 0 Å². The van der Waals surface area contributed by atoms with Crippen LogP contribution >= 0.6 is 23.2 Å². The van der Waals surface area contributed by atoms with Crippen LogP contribution < -0.4 is 5.32 Å². The van der Waals surface area contributed by atoms with E-state index in [0.717, 1.165) is 18.5 Å². The van der Waals surface area contributed by atoms with Crippen molar-refractivity contribution in [3.63, 3.8) is 0 Å². The molecule has 2 nitrogen and oxygen atoms in total. The summed E-state index contributed by atoms with van der Waals surface area (Å²) in [4.78, 5) is 0.712. The molecule has 94 valence electrons. The third-order valence-corrected chi connectivity index (χ3v) is 5.55. The van der Waals surface area contributed by atoms with E-state index in [-0.39, 0.29) is 11.3 Å². The standard InChI is InChI=1S/C12H15Cl2NOS/c1-3-15-10-6-7(2)17(16)12-9(14)5-4-8(13)11(10)12/h4-5,7,10,15H,3,6H2,1-2H3. The molecule has 1 heterocycles. The van der Waals surface area contributed by atoms with Crippen molar-refractivity contribution in [1.82, 2.24) is 5.32 Å². The van der Waals surface area contributed by atoms with Crippen LogP contribution in [0.2, 0.25) is 10.0 Å². The molecule has 3 atom stereocenters. The number of benzene rings is 1. The van der Waals surface area contributed by atoms with Gasteiger partial charge in [0.25, 0.3) is 0 Å².